The lowest BCUT2D eigenvalue weighted by Gasteiger charge is -2.32. The molecule has 0 aromatic carbocycles. The van der Waals surface area contributed by atoms with Crippen molar-refractivity contribution >= 4 is 17.5 Å². The number of nitrogens with one attached hydrogen (secondary N) is 1. The smallest absolute Gasteiger partial charge is 0.222 e. The summed E-state index contributed by atoms with van der Waals surface area (Å²) in [7, 11) is 0. The molecule has 0 bridgehead atoms. The van der Waals surface area contributed by atoms with Gasteiger partial charge in [0, 0.05) is 37.1 Å². The van der Waals surface area contributed by atoms with E-state index in [1.165, 1.54) is 0 Å². The Kier molecular flexibility index (Phi) is 5.12. The first kappa shape index (κ1) is 12.5. The van der Waals surface area contributed by atoms with Crippen LogP contribution in [-0.2, 0) is 4.79 Å². The Balaban J connectivity index is 2.23. The lowest BCUT2D eigenvalue weighted by Crippen LogP contribution is -2.44. The van der Waals surface area contributed by atoms with Crippen LogP contribution >= 0.6 is 11.6 Å². The normalized spacial score (nSPS) is 17.9. The molecule has 4 heteroatoms. The summed E-state index contributed by atoms with van der Waals surface area (Å²) in [6.07, 6.45) is 2.63. The minimum Gasteiger partial charge on any atom is -0.343 e. The van der Waals surface area contributed by atoms with Gasteiger partial charge in [0.2, 0.25) is 5.91 Å². The highest BCUT2D eigenvalue weighted by Gasteiger charge is 2.20. The number of likely N-dealkylation sites (tertiary alicyclic amines) is 1. The fraction of sp³-hybridized carbons (Fsp3) is 0.727. The quantitative estimate of drug-likeness (QED) is 0.798. The van der Waals surface area contributed by atoms with Gasteiger partial charge in [0.25, 0.3) is 0 Å². The fourth-order valence-electron chi connectivity index (χ4n) is 1.81. The minimum absolute atomic E-state index is 0.259. The van der Waals surface area contributed by atoms with E-state index in [4.69, 9.17) is 11.6 Å². The molecule has 0 aromatic heterocycles. The molecule has 0 aromatic rings. The molecule has 86 valence electrons. The third-order valence-corrected chi connectivity index (χ3v) is 2.87. The third-order valence-electron chi connectivity index (χ3n) is 2.73. The van der Waals surface area contributed by atoms with Gasteiger partial charge in [-0.15, -0.1) is 0 Å². The van der Waals surface area contributed by atoms with Crippen molar-refractivity contribution in [2.24, 2.45) is 0 Å². The van der Waals surface area contributed by atoms with E-state index in [1.54, 1.807) is 0 Å². The van der Waals surface area contributed by atoms with Crippen LogP contribution in [0.1, 0.15) is 26.2 Å². The molecule has 3 nitrogen and oxygen atoms in total. The molecule has 1 fully saturated rings. The summed E-state index contributed by atoms with van der Waals surface area (Å²) in [6, 6.07) is 0.474. The van der Waals surface area contributed by atoms with E-state index in [0.29, 0.717) is 24.0 Å². The van der Waals surface area contributed by atoms with Crippen molar-refractivity contribution in [3.8, 4) is 0 Å². The van der Waals surface area contributed by atoms with Crippen LogP contribution in [0.3, 0.4) is 0 Å². The van der Waals surface area contributed by atoms with Crippen molar-refractivity contribution in [2.45, 2.75) is 32.2 Å². The van der Waals surface area contributed by atoms with Gasteiger partial charge >= 0.3 is 0 Å². The molecule has 0 radical (unpaired) electrons. The number of hydrogen-bond acceptors (Lipinski definition) is 2. The van der Waals surface area contributed by atoms with E-state index in [-0.39, 0.29) is 5.91 Å². The van der Waals surface area contributed by atoms with Crippen LogP contribution in [0.2, 0.25) is 0 Å². The number of nitrogens with zero attached hydrogens (tertiary/aromatic N) is 1. The monoisotopic (exact) mass is 230 g/mol. The standard InChI is InChI=1S/C11H19ClN2O/c1-3-11(15)14-6-4-10(5-7-14)13-8-9(2)12/h10,13H,2-8H2,1H3. The van der Waals surface area contributed by atoms with Gasteiger partial charge in [-0.3, -0.25) is 4.79 Å². The molecule has 1 aliphatic heterocycles. The zero-order chi connectivity index (χ0) is 11.3. The Morgan fingerprint density at radius 3 is 2.60 bits per heavy atom. The van der Waals surface area contributed by atoms with Crippen molar-refractivity contribution in [1.29, 1.82) is 0 Å². The van der Waals surface area contributed by atoms with Crippen LogP contribution in [0.15, 0.2) is 11.6 Å². The number of rotatable bonds is 4. The predicted octanol–water partition coefficient (Wildman–Crippen LogP) is 1.73. The number of hydrogen-bond donors (Lipinski definition) is 1. The zero-order valence-corrected chi connectivity index (χ0v) is 10.0. The van der Waals surface area contributed by atoms with Crippen LogP contribution in [0.5, 0.6) is 0 Å². The predicted molar refractivity (Wildman–Crippen MR) is 62.9 cm³/mol. The Bertz CT molecular complexity index is 235. The Hall–Kier alpha value is -0.540. The summed E-state index contributed by atoms with van der Waals surface area (Å²) in [5.41, 5.74) is 0. The third kappa shape index (κ3) is 4.22. The van der Waals surface area contributed by atoms with Gasteiger partial charge in [0.15, 0.2) is 0 Å². The minimum atomic E-state index is 0.259. The second-order valence-corrected chi connectivity index (χ2v) is 4.44. The highest BCUT2D eigenvalue weighted by atomic mass is 35.5. The number of piperidine rings is 1. The summed E-state index contributed by atoms with van der Waals surface area (Å²) in [4.78, 5) is 13.3. The second-order valence-electron chi connectivity index (χ2n) is 3.91. The van der Waals surface area contributed by atoms with E-state index >= 15 is 0 Å². The average molecular weight is 231 g/mol. The zero-order valence-electron chi connectivity index (χ0n) is 9.26. The maximum absolute atomic E-state index is 11.4. The van der Waals surface area contributed by atoms with Crippen molar-refractivity contribution in [3.05, 3.63) is 11.6 Å². The molecule has 0 saturated carbocycles. The van der Waals surface area contributed by atoms with Crippen LogP contribution in [0.25, 0.3) is 0 Å². The first-order chi connectivity index (χ1) is 7.13. The molecule has 1 amide bonds. The summed E-state index contributed by atoms with van der Waals surface area (Å²) < 4.78 is 0. The SMILES string of the molecule is C=C(Cl)CNC1CCN(C(=O)CC)CC1. The molecule has 0 atom stereocenters. The first-order valence-electron chi connectivity index (χ1n) is 5.48. The summed E-state index contributed by atoms with van der Waals surface area (Å²) in [5, 5.41) is 3.97. The molecule has 0 spiro atoms. The summed E-state index contributed by atoms with van der Waals surface area (Å²) >= 11 is 5.68. The van der Waals surface area contributed by atoms with Gasteiger partial charge in [-0.25, -0.2) is 0 Å². The lowest BCUT2D eigenvalue weighted by molar-refractivity contribution is -0.131. The molecule has 1 heterocycles. The topological polar surface area (TPSA) is 32.3 Å². The molecule has 1 rings (SSSR count). The van der Waals surface area contributed by atoms with Gasteiger partial charge in [-0.2, -0.15) is 0 Å². The fourth-order valence-corrected chi connectivity index (χ4v) is 1.89. The highest BCUT2D eigenvalue weighted by molar-refractivity contribution is 6.29. The number of carbonyl (C=O) groups is 1. The highest BCUT2D eigenvalue weighted by Crippen LogP contribution is 2.11. The van der Waals surface area contributed by atoms with E-state index < -0.39 is 0 Å². The number of halogens is 1. The molecule has 1 aliphatic rings. The molecule has 15 heavy (non-hydrogen) atoms. The van der Waals surface area contributed by atoms with Crippen LogP contribution in [0, 0.1) is 0 Å². The van der Waals surface area contributed by atoms with Gasteiger partial charge in [-0.05, 0) is 12.8 Å². The van der Waals surface area contributed by atoms with Gasteiger partial charge in [0.05, 0.1) is 0 Å². The van der Waals surface area contributed by atoms with E-state index in [1.807, 2.05) is 11.8 Å². The maximum Gasteiger partial charge on any atom is 0.222 e. The van der Waals surface area contributed by atoms with E-state index in [9.17, 15) is 4.79 Å². The molecule has 1 N–H and O–H groups in total. The first-order valence-corrected chi connectivity index (χ1v) is 5.85. The van der Waals surface area contributed by atoms with Crippen molar-refractivity contribution in [2.75, 3.05) is 19.6 Å². The largest absolute Gasteiger partial charge is 0.343 e. The van der Waals surface area contributed by atoms with Crippen molar-refractivity contribution < 1.29 is 4.79 Å². The maximum atomic E-state index is 11.4. The second kappa shape index (κ2) is 6.13. The van der Waals surface area contributed by atoms with Crippen molar-refractivity contribution in [1.82, 2.24) is 10.2 Å². The van der Waals surface area contributed by atoms with Gasteiger partial charge < -0.3 is 10.2 Å². The number of amides is 1. The lowest BCUT2D eigenvalue weighted by atomic mass is 10.0. The average Bonchev–Trinajstić information content (AvgIpc) is 2.26. The van der Waals surface area contributed by atoms with Crippen molar-refractivity contribution in [3.63, 3.8) is 0 Å². The molecular weight excluding hydrogens is 212 g/mol. The van der Waals surface area contributed by atoms with Crippen LogP contribution in [-0.4, -0.2) is 36.5 Å². The Morgan fingerprint density at radius 1 is 1.53 bits per heavy atom. The van der Waals surface area contributed by atoms with E-state index in [2.05, 4.69) is 11.9 Å². The van der Waals surface area contributed by atoms with Crippen LogP contribution < -0.4 is 5.32 Å². The molecule has 0 aliphatic carbocycles. The van der Waals surface area contributed by atoms with Gasteiger partial charge in [-0.1, -0.05) is 25.1 Å². The molecule has 0 unspecified atom stereocenters. The Labute approximate surface area is 96.5 Å². The molecular formula is C11H19ClN2O. The van der Waals surface area contributed by atoms with E-state index in [0.717, 1.165) is 25.9 Å². The summed E-state index contributed by atoms with van der Waals surface area (Å²) in [5.74, 6) is 0.259. The number of carbonyl (C=O) groups excluding carboxylic acids is 1. The van der Waals surface area contributed by atoms with Crippen LogP contribution in [0.4, 0.5) is 0 Å². The molecule has 1 saturated heterocycles. The Morgan fingerprint density at radius 2 is 2.13 bits per heavy atom. The van der Waals surface area contributed by atoms with Gasteiger partial charge in [0.1, 0.15) is 0 Å². The summed E-state index contributed by atoms with van der Waals surface area (Å²) in [6.45, 7) is 7.92.